The van der Waals surface area contributed by atoms with Crippen molar-refractivity contribution in [2.45, 2.75) is 13.0 Å². The third kappa shape index (κ3) is 2.03. The van der Waals surface area contributed by atoms with Gasteiger partial charge in [0.1, 0.15) is 11.9 Å². The molecule has 1 aromatic carbocycles. The second-order valence-corrected chi connectivity index (χ2v) is 3.79. The lowest BCUT2D eigenvalue weighted by atomic mass is 10.1. The van der Waals surface area contributed by atoms with Crippen LogP contribution in [-0.2, 0) is 0 Å². The molecule has 0 aliphatic rings. The Bertz CT molecular complexity index is 454. The molecule has 0 saturated carbocycles. The number of hydrogen-bond donors (Lipinski definition) is 2. The van der Waals surface area contributed by atoms with Gasteiger partial charge in [-0.05, 0) is 24.1 Å². The van der Waals surface area contributed by atoms with Gasteiger partial charge in [-0.2, -0.15) is 0 Å². The molecule has 3 nitrogen and oxygen atoms in total. The highest BCUT2D eigenvalue weighted by atomic mass is 35.5. The molecule has 15 heavy (non-hydrogen) atoms. The molecule has 78 valence electrons. The van der Waals surface area contributed by atoms with Crippen LogP contribution in [0, 0.1) is 6.92 Å². The highest BCUT2D eigenvalue weighted by Crippen LogP contribution is 2.24. The molecule has 2 N–H and O–H groups in total. The summed E-state index contributed by atoms with van der Waals surface area (Å²) in [6.45, 7) is 1.92. The van der Waals surface area contributed by atoms with Gasteiger partial charge in [0.05, 0.1) is 0 Å². The number of aryl methyl sites for hydroxylation is 1. The van der Waals surface area contributed by atoms with Gasteiger partial charge in [-0.15, -0.1) is 0 Å². The van der Waals surface area contributed by atoms with Crippen LogP contribution in [0.5, 0.6) is 0 Å². The zero-order valence-electron chi connectivity index (χ0n) is 8.24. The molecule has 2 aromatic rings. The summed E-state index contributed by atoms with van der Waals surface area (Å²) in [5.74, 6) is 0.523. The van der Waals surface area contributed by atoms with Crippen molar-refractivity contribution in [2.24, 2.45) is 0 Å². The monoisotopic (exact) mass is 222 g/mol. The van der Waals surface area contributed by atoms with Gasteiger partial charge in [-0.1, -0.05) is 23.7 Å². The summed E-state index contributed by atoms with van der Waals surface area (Å²) >= 11 is 5.98. The Kier molecular flexibility index (Phi) is 2.75. The van der Waals surface area contributed by atoms with E-state index in [2.05, 4.69) is 9.97 Å². The Balaban J connectivity index is 2.34. The van der Waals surface area contributed by atoms with E-state index in [0.29, 0.717) is 10.8 Å². The van der Waals surface area contributed by atoms with Crippen molar-refractivity contribution in [2.75, 3.05) is 0 Å². The van der Waals surface area contributed by atoms with Crippen LogP contribution in [-0.4, -0.2) is 15.1 Å². The van der Waals surface area contributed by atoms with E-state index >= 15 is 0 Å². The summed E-state index contributed by atoms with van der Waals surface area (Å²) < 4.78 is 0. The first-order valence-corrected chi connectivity index (χ1v) is 4.99. The highest BCUT2D eigenvalue weighted by Gasteiger charge is 2.13. The van der Waals surface area contributed by atoms with Gasteiger partial charge < -0.3 is 10.1 Å². The number of halogens is 1. The Morgan fingerprint density at radius 3 is 2.87 bits per heavy atom. The number of aromatic amines is 1. The number of aliphatic hydroxyl groups excluding tert-OH is 1. The maximum absolute atomic E-state index is 9.94. The lowest BCUT2D eigenvalue weighted by Crippen LogP contribution is -2.01. The van der Waals surface area contributed by atoms with Crippen LogP contribution in [0.4, 0.5) is 0 Å². The molecule has 1 heterocycles. The largest absolute Gasteiger partial charge is 0.380 e. The Morgan fingerprint density at radius 1 is 1.47 bits per heavy atom. The van der Waals surface area contributed by atoms with Crippen LogP contribution in [0.2, 0.25) is 5.02 Å². The zero-order valence-corrected chi connectivity index (χ0v) is 8.99. The minimum Gasteiger partial charge on any atom is -0.380 e. The van der Waals surface area contributed by atoms with E-state index in [0.717, 1.165) is 11.1 Å². The van der Waals surface area contributed by atoms with Crippen LogP contribution in [0.1, 0.15) is 23.1 Å². The maximum atomic E-state index is 9.94. The van der Waals surface area contributed by atoms with Crippen molar-refractivity contribution in [1.29, 1.82) is 0 Å². The third-order valence-corrected chi connectivity index (χ3v) is 2.70. The maximum Gasteiger partial charge on any atom is 0.139 e. The molecule has 0 amide bonds. The molecular weight excluding hydrogens is 212 g/mol. The standard InChI is InChI=1S/C11H11ClN2O/c1-7-2-3-8(6-9(7)12)10(15)11-13-4-5-14-11/h2-6,10,15H,1H3,(H,13,14). The molecule has 1 unspecified atom stereocenters. The number of nitrogens with zero attached hydrogens (tertiary/aromatic N) is 1. The quantitative estimate of drug-likeness (QED) is 0.820. The number of hydrogen-bond acceptors (Lipinski definition) is 2. The number of aliphatic hydroxyl groups is 1. The summed E-state index contributed by atoms with van der Waals surface area (Å²) in [6, 6.07) is 5.47. The average molecular weight is 223 g/mol. The van der Waals surface area contributed by atoms with Crippen molar-refractivity contribution >= 4 is 11.6 Å². The van der Waals surface area contributed by atoms with Crippen LogP contribution < -0.4 is 0 Å². The van der Waals surface area contributed by atoms with Gasteiger partial charge in [0.15, 0.2) is 0 Å². The topological polar surface area (TPSA) is 48.9 Å². The predicted molar refractivity (Wildman–Crippen MR) is 58.8 cm³/mol. The molecule has 1 aromatic heterocycles. The van der Waals surface area contributed by atoms with Crippen molar-refractivity contribution in [3.8, 4) is 0 Å². The first-order chi connectivity index (χ1) is 7.18. The Labute approximate surface area is 92.7 Å². The summed E-state index contributed by atoms with van der Waals surface area (Å²) in [7, 11) is 0. The molecule has 2 rings (SSSR count). The molecule has 1 atom stereocenters. The SMILES string of the molecule is Cc1ccc(C(O)c2ncc[nH]2)cc1Cl. The molecule has 0 bridgehead atoms. The molecule has 0 aliphatic carbocycles. The number of nitrogens with one attached hydrogen (secondary N) is 1. The molecule has 0 spiro atoms. The normalized spacial score (nSPS) is 12.7. The van der Waals surface area contributed by atoms with Gasteiger partial charge in [0.2, 0.25) is 0 Å². The van der Waals surface area contributed by atoms with E-state index in [1.165, 1.54) is 0 Å². The summed E-state index contributed by atoms with van der Waals surface area (Å²) in [4.78, 5) is 6.86. The second-order valence-electron chi connectivity index (χ2n) is 3.39. The van der Waals surface area contributed by atoms with Crippen LogP contribution in [0.25, 0.3) is 0 Å². The van der Waals surface area contributed by atoms with E-state index in [4.69, 9.17) is 11.6 Å². The summed E-state index contributed by atoms with van der Waals surface area (Å²) in [5.41, 5.74) is 1.73. The minimum atomic E-state index is -0.752. The lowest BCUT2D eigenvalue weighted by molar-refractivity contribution is 0.211. The Morgan fingerprint density at radius 2 is 2.27 bits per heavy atom. The minimum absolute atomic E-state index is 0.523. The van der Waals surface area contributed by atoms with Crippen molar-refractivity contribution in [3.05, 3.63) is 52.6 Å². The summed E-state index contributed by atoms with van der Waals surface area (Å²) in [6.07, 6.45) is 2.53. The predicted octanol–water partition coefficient (Wildman–Crippen LogP) is 2.45. The number of aromatic nitrogens is 2. The van der Waals surface area contributed by atoms with E-state index in [1.54, 1.807) is 18.5 Å². The van der Waals surface area contributed by atoms with Crippen molar-refractivity contribution in [1.82, 2.24) is 9.97 Å². The lowest BCUT2D eigenvalue weighted by Gasteiger charge is -2.09. The smallest absolute Gasteiger partial charge is 0.139 e. The fourth-order valence-electron chi connectivity index (χ4n) is 1.36. The molecule has 4 heteroatoms. The number of H-pyrrole nitrogens is 1. The third-order valence-electron chi connectivity index (χ3n) is 2.29. The number of rotatable bonds is 2. The second kappa shape index (κ2) is 4.04. The van der Waals surface area contributed by atoms with Crippen molar-refractivity contribution < 1.29 is 5.11 Å². The van der Waals surface area contributed by atoms with Crippen LogP contribution in [0.15, 0.2) is 30.6 Å². The van der Waals surface area contributed by atoms with Crippen molar-refractivity contribution in [3.63, 3.8) is 0 Å². The molecule has 0 aliphatic heterocycles. The van der Waals surface area contributed by atoms with Gasteiger partial charge in [-0.3, -0.25) is 0 Å². The van der Waals surface area contributed by atoms with Gasteiger partial charge in [-0.25, -0.2) is 4.98 Å². The van der Waals surface area contributed by atoms with Crippen LogP contribution >= 0.6 is 11.6 Å². The first kappa shape index (κ1) is 10.2. The Hall–Kier alpha value is -1.32. The average Bonchev–Trinajstić information content (AvgIpc) is 2.74. The fraction of sp³-hybridized carbons (Fsp3) is 0.182. The molecular formula is C11H11ClN2O. The first-order valence-electron chi connectivity index (χ1n) is 4.62. The molecule has 0 fully saturated rings. The van der Waals surface area contributed by atoms with Gasteiger partial charge >= 0.3 is 0 Å². The van der Waals surface area contributed by atoms with E-state index < -0.39 is 6.10 Å². The summed E-state index contributed by atoms with van der Waals surface area (Å²) in [5, 5.41) is 10.6. The highest BCUT2D eigenvalue weighted by molar-refractivity contribution is 6.31. The van der Waals surface area contributed by atoms with Crippen LogP contribution in [0.3, 0.4) is 0 Å². The number of benzene rings is 1. The van der Waals surface area contributed by atoms with E-state index in [-0.39, 0.29) is 0 Å². The molecule has 0 radical (unpaired) electrons. The van der Waals surface area contributed by atoms with E-state index in [9.17, 15) is 5.11 Å². The fourth-order valence-corrected chi connectivity index (χ4v) is 1.55. The molecule has 0 saturated heterocycles. The number of imidazole rings is 1. The van der Waals surface area contributed by atoms with Gasteiger partial charge in [0, 0.05) is 17.4 Å². The van der Waals surface area contributed by atoms with E-state index in [1.807, 2.05) is 19.1 Å². The zero-order chi connectivity index (χ0) is 10.8. The van der Waals surface area contributed by atoms with Gasteiger partial charge in [0.25, 0.3) is 0 Å².